The molecule has 0 bridgehead atoms. The molecule has 0 fully saturated rings. The molecule has 1 atom stereocenters. The van der Waals surface area contributed by atoms with Gasteiger partial charge in [0, 0.05) is 6.61 Å². The fraction of sp³-hybridized carbons (Fsp3) is 0.500. The van der Waals surface area contributed by atoms with E-state index in [0.29, 0.717) is 17.4 Å². The monoisotopic (exact) mass is 243 g/mol. The number of ether oxygens (including phenoxy) is 2. The van der Waals surface area contributed by atoms with Gasteiger partial charge in [0.2, 0.25) is 0 Å². The smallest absolute Gasteiger partial charge is 0.137 e. The molecule has 0 aliphatic heterocycles. The van der Waals surface area contributed by atoms with Crippen LogP contribution in [0.5, 0.6) is 5.75 Å². The zero-order valence-corrected chi connectivity index (χ0v) is 10.5. The van der Waals surface area contributed by atoms with Crippen LogP contribution in [0.25, 0.3) is 0 Å². The minimum Gasteiger partial charge on any atom is -0.495 e. The lowest BCUT2D eigenvalue weighted by molar-refractivity contribution is 0.121. The predicted octanol–water partition coefficient (Wildman–Crippen LogP) is 2.78. The van der Waals surface area contributed by atoms with Crippen LogP contribution in [0.15, 0.2) is 18.2 Å². The Hall–Kier alpha value is -0.770. The third-order valence-corrected chi connectivity index (χ3v) is 2.56. The maximum atomic E-state index is 5.99. The zero-order chi connectivity index (χ0) is 12.0. The minimum atomic E-state index is -0.141. The predicted molar refractivity (Wildman–Crippen MR) is 66.0 cm³/mol. The van der Waals surface area contributed by atoms with Crippen LogP contribution in [0, 0.1) is 0 Å². The number of hydrogen-bond acceptors (Lipinski definition) is 3. The van der Waals surface area contributed by atoms with Crippen LogP contribution in [0.1, 0.15) is 24.9 Å². The quantitative estimate of drug-likeness (QED) is 0.782. The minimum absolute atomic E-state index is 0.141. The molecule has 4 heteroatoms. The summed E-state index contributed by atoms with van der Waals surface area (Å²) in [4.78, 5) is 0. The van der Waals surface area contributed by atoms with E-state index in [1.54, 1.807) is 13.2 Å². The summed E-state index contributed by atoms with van der Waals surface area (Å²) in [6.07, 6.45) is 0.997. The third-order valence-electron chi connectivity index (χ3n) is 2.25. The van der Waals surface area contributed by atoms with Gasteiger partial charge < -0.3 is 15.2 Å². The molecule has 0 saturated heterocycles. The Morgan fingerprint density at radius 3 is 2.81 bits per heavy atom. The van der Waals surface area contributed by atoms with E-state index in [1.807, 2.05) is 12.1 Å². The summed E-state index contributed by atoms with van der Waals surface area (Å²) in [5.41, 5.74) is 6.96. The second kappa shape index (κ2) is 6.74. The van der Waals surface area contributed by atoms with Crippen molar-refractivity contribution in [3.8, 4) is 5.75 Å². The molecule has 3 nitrogen and oxygen atoms in total. The summed E-state index contributed by atoms with van der Waals surface area (Å²) in [6, 6.07) is 5.39. The lowest BCUT2D eigenvalue weighted by Gasteiger charge is -2.14. The van der Waals surface area contributed by atoms with Gasteiger partial charge in [-0.05, 0) is 24.1 Å². The number of nitrogens with two attached hydrogens (primary N) is 1. The summed E-state index contributed by atoms with van der Waals surface area (Å²) in [5.74, 6) is 0.644. The summed E-state index contributed by atoms with van der Waals surface area (Å²) >= 11 is 5.93. The highest BCUT2D eigenvalue weighted by Gasteiger charge is 2.09. The standard InChI is InChI=1S/C12H18ClNO2/c1-3-6-16-8-11(14)9-4-5-10(13)12(7-9)15-2/h4-5,7,11H,3,6,8,14H2,1-2H3. The van der Waals surface area contributed by atoms with Crippen molar-refractivity contribution in [2.24, 2.45) is 5.73 Å². The van der Waals surface area contributed by atoms with Crippen molar-refractivity contribution in [3.05, 3.63) is 28.8 Å². The molecule has 1 rings (SSSR count). The average Bonchev–Trinajstić information content (AvgIpc) is 2.30. The molecule has 0 radical (unpaired) electrons. The molecule has 16 heavy (non-hydrogen) atoms. The van der Waals surface area contributed by atoms with Gasteiger partial charge in [-0.15, -0.1) is 0 Å². The van der Waals surface area contributed by atoms with E-state index in [1.165, 1.54) is 0 Å². The molecule has 0 aromatic heterocycles. The molecule has 0 aliphatic rings. The van der Waals surface area contributed by atoms with E-state index in [2.05, 4.69) is 6.92 Å². The van der Waals surface area contributed by atoms with Gasteiger partial charge in [0.05, 0.1) is 24.8 Å². The van der Waals surface area contributed by atoms with Crippen molar-refractivity contribution in [1.29, 1.82) is 0 Å². The summed E-state index contributed by atoms with van der Waals surface area (Å²) in [7, 11) is 1.59. The third kappa shape index (κ3) is 3.67. The van der Waals surface area contributed by atoms with E-state index in [0.717, 1.165) is 18.6 Å². The van der Waals surface area contributed by atoms with Gasteiger partial charge in [-0.25, -0.2) is 0 Å². The maximum absolute atomic E-state index is 5.99. The maximum Gasteiger partial charge on any atom is 0.137 e. The normalized spacial score (nSPS) is 12.5. The molecular formula is C12H18ClNO2. The number of halogens is 1. The Morgan fingerprint density at radius 2 is 2.19 bits per heavy atom. The number of benzene rings is 1. The van der Waals surface area contributed by atoms with E-state index in [-0.39, 0.29) is 6.04 Å². The summed E-state index contributed by atoms with van der Waals surface area (Å²) in [5, 5.41) is 0.591. The van der Waals surface area contributed by atoms with Gasteiger partial charge in [-0.2, -0.15) is 0 Å². The highest BCUT2D eigenvalue weighted by Crippen LogP contribution is 2.27. The second-order valence-electron chi connectivity index (χ2n) is 3.58. The van der Waals surface area contributed by atoms with Crippen LogP contribution in [-0.4, -0.2) is 20.3 Å². The van der Waals surface area contributed by atoms with Gasteiger partial charge in [0.1, 0.15) is 5.75 Å². The Labute approximate surface area is 101 Å². The number of methoxy groups -OCH3 is 1. The molecule has 90 valence electrons. The van der Waals surface area contributed by atoms with E-state index >= 15 is 0 Å². The number of rotatable bonds is 6. The van der Waals surface area contributed by atoms with Crippen LogP contribution in [0.4, 0.5) is 0 Å². The first-order chi connectivity index (χ1) is 7.69. The molecule has 0 amide bonds. The van der Waals surface area contributed by atoms with Crippen molar-refractivity contribution >= 4 is 11.6 Å². The first-order valence-corrected chi connectivity index (χ1v) is 5.73. The van der Waals surface area contributed by atoms with Crippen molar-refractivity contribution in [2.75, 3.05) is 20.3 Å². The lowest BCUT2D eigenvalue weighted by atomic mass is 10.1. The Kier molecular flexibility index (Phi) is 5.60. The lowest BCUT2D eigenvalue weighted by Crippen LogP contribution is -2.17. The largest absolute Gasteiger partial charge is 0.495 e. The first kappa shape index (κ1) is 13.3. The Morgan fingerprint density at radius 1 is 1.44 bits per heavy atom. The van der Waals surface area contributed by atoms with Crippen LogP contribution in [0.3, 0.4) is 0 Å². The van der Waals surface area contributed by atoms with Crippen molar-refractivity contribution in [2.45, 2.75) is 19.4 Å². The summed E-state index contributed by atoms with van der Waals surface area (Å²) in [6.45, 7) is 3.31. The van der Waals surface area contributed by atoms with Gasteiger partial charge in [0.15, 0.2) is 0 Å². The van der Waals surface area contributed by atoms with Gasteiger partial charge in [-0.1, -0.05) is 24.6 Å². The molecule has 0 spiro atoms. The van der Waals surface area contributed by atoms with Crippen LogP contribution in [-0.2, 0) is 4.74 Å². The Bertz CT molecular complexity index is 331. The zero-order valence-electron chi connectivity index (χ0n) is 9.70. The fourth-order valence-electron chi connectivity index (χ4n) is 1.36. The molecule has 2 N–H and O–H groups in total. The van der Waals surface area contributed by atoms with E-state index in [4.69, 9.17) is 26.8 Å². The molecule has 1 aromatic carbocycles. The van der Waals surface area contributed by atoms with Crippen molar-refractivity contribution in [1.82, 2.24) is 0 Å². The topological polar surface area (TPSA) is 44.5 Å². The second-order valence-corrected chi connectivity index (χ2v) is 3.98. The molecule has 1 unspecified atom stereocenters. The molecule has 0 aliphatic carbocycles. The SMILES string of the molecule is CCCOCC(N)c1ccc(Cl)c(OC)c1. The van der Waals surface area contributed by atoms with Crippen molar-refractivity contribution < 1.29 is 9.47 Å². The van der Waals surface area contributed by atoms with Crippen LogP contribution >= 0.6 is 11.6 Å². The van der Waals surface area contributed by atoms with Crippen molar-refractivity contribution in [3.63, 3.8) is 0 Å². The van der Waals surface area contributed by atoms with E-state index < -0.39 is 0 Å². The van der Waals surface area contributed by atoms with Gasteiger partial charge in [0.25, 0.3) is 0 Å². The first-order valence-electron chi connectivity index (χ1n) is 5.35. The highest BCUT2D eigenvalue weighted by molar-refractivity contribution is 6.32. The molecule has 0 saturated carbocycles. The highest BCUT2D eigenvalue weighted by atomic mass is 35.5. The molecule has 1 aromatic rings. The Balaban J connectivity index is 2.64. The van der Waals surface area contributed by atoms with Gasteiger partial charge >= 0.3 is 0 Å². The van der Waals surface area contributed by atoms with Gasteiger partial charge in [-0.3, -0.25) is 0 Å². The molecular weight excluding hydrogens is 226 g/mol. The number of hydrogen-bond donors (Lipinski definition) is 1. The summed E-state index contributed by atoms with van der Waals surface area (Å²) < 4.78 is 10.5. The van der Waals surface area contributed by atoms with E-state index in [9.17, 15) is 0 Å². The van der Waals surface area contributed by atoms with Crippen LogP contribution in [0.2, 0.25) is 5.02 Å². The fourth-order valence-corrected chi connectivity index (χ4v) is 1.55. The van der Waals surface area contributed by atoms with Crippen LogP contribution < -0.4 is 10.5 Å². The average molecular weight is 244 g/mol. The molecule has 0 heterocycles.